The molecule has 1 aromatic rings. The largest absolute Gasteiger partial charge is 0.269 e. The Morgan fingerprint density at radius 3 is 2.50 bits per heavy atom. The number of nitrogens with zero attached hydrogens (tertiary/aromatic N) is 3. The molecule has 0 bridgehead atoms. The highest BCUT2D eigenvalue weighted by molar-refractivity contribution is 5.11. The minimum absolute atomic E-state index is 0.147. The van der Waals surface area contributed by atoms with E-state index in [0.717, 1.165) is 25.0 Å². The van der Waals surface area contributed by atoms with Gasteiger partial charge in [0.25, 0.3) is 0 Å². The van der Waals surface area contributed by atoms with Crippen molar-refractivity contribution in [1.29, 1.82) is 5.26 Å². The van der Waals surface area contributed by atoms with Crippen molar-refractivity contribution >= 4 is 0 Å². The number of hydrogen-bond donors (Lipinski definition) is 0. The monoisotopic (exact) mass is 271 g/mol. The molecule has 0 saturated heterocycles. The molecule has 1 heterocycles. The molecule has 0 spiro atoms. The van der Waals surface area contributed by atoms with Crippen LogP contribution in [0.3, 0.4) is 0 Å². The van der Waals surface area contributed by atoms with Crippen LogP contribution >= 0.6 is 0 Å². The molecule has 0 aliphatic heterocycles. The lowest BCUT2D eigenvalue weighted by molar-refractivity contribution is 0.333. The molecule has 0 unspecified atom stereocenters. The molecule has 2 aliphatic rings. The normalized spacial score (nSPS) is 23.4. The van der Waals surface area contributed by atoms with Crippen LogP contribution in [0.2, 0.25) is 0 Å². The lowest BCUT2D eigenvalue weighted by Crippen LogP contribution is -2.21. The Morgan fingerprint density at radius 2 is 1.85 bits per heavy atom. The number of rotatable bonds is 3. The summed E-state index contributed by atoms with van der Waals surface area (Å²) >= 11 is 0. The van der Waals surface area contributed by atoms with Gasteiger partial charge in [-0.3, -0.25) is 4.68 Å². The highest BCUT2D eigenvalue weighted by Gasteiger charge is 2.32. The molecule has 1 aromatic heterocycles. The molecular formula is C17H25N3. The summed E-state index contributed by atoms with van der Waals surface area (Å²) in [5.41, 5.74) is 0.978. The molecule has 3 nitrogen and oxygen atoms in total. The average molecular weight is 271 g/mol. The molecule has 20 heavy (non-hydrogen) atoms. The van der Waals surface area contributed by atoms with Crippen LogP contribution in [0, 0.1) is 16.7 Å². The third-order valence-electron chi connectivity index (χ3n) is 5.18. The molecule has 3 heteroatoms. The summed E-state index contributed by atoms with van der Waals surface area (Å²) in [5.74, 6) is 0. The van der Waals surface area contributed by atoms with Crippen LogP contribution in [-0.4, -0.2) is 9.78 Å². The van der Waals surface area contributed by atoms with Crippen molar-refractivity contribution in [1.82, 2.24) is 9.78 Å². The lowest BCUT2D eigenvalue weighted by atomic mass is 9.78. The van der Waals surface area contributed by atoms with Crippen LogP contribution in [0.15, 0.2) is 12.3 Å². The Kier molecular flexibility index (Phi) is 4.10. The van der Waals surface area contributed by atoms with Gasteiger partial charge in [0.2, 0.25) is 0 Å². The Labute approximate surface area is 122 Å². The van der Waals surface area contributed by atoms with E-state index in [2.05, 4.69) is 23.0 Å². The Balaban J connectivity index is 1.71. The van der Waals surface area contributed by atoms with E-state index in [0.29, 0.717) is 6.04 Å². The molecule has 3 rings (SSSR count). The van der Waals surface area contributed by atoms with Crippen LogP contribution in [0.25, 0.3) is 0 Å². The van der Waals surface area contributed by atoms with Gasteiger partial charge in [0.15, 0.2) is 0 Å². The highest BCUT2D eigenvalue weighted by Crippen LogP contribution is 2.37. The lowest BCUT2D eigenvalue weighted by Gasteiger charge is -2.23. The third kappa shape index (κ3) is 2.90. The van der Waals surface area contributed by atoms with E-state index in [1.54, 1.807) is 0 Å². The number of hydrogen-bond acceptors (Lipinski definition) is 2. The summed E-state index contributed by atoms with van der Waals surface area (Å²) < 4.78 is 2.16. The maximum Gasteiger partial charge on any atom is 0.0693 e. The quantitative estimate of drug-likeness (QED) is 0.764. The van der Waals surface area contributed by atoms with E-state index in [1.165, 1.54) is 51.4 Å². The first-order valence-electron chi connectivity index (χ1n) is 8.27. The van der Waals surface area contributed by atoms with Crippen LogP contribution in [-0.2, 0) is 6.42 Å². The minimum Gasteiger partial charge on any atom is -0.269 e. The van der Waals surface area contributed by atoms with Crippen molar-refractivity contribution < 1.29 is 0 Å². The van der Waals surface area contributed by atoms with E-state index < -0.39 is 0 Å². The predicted octanol–water partition coefficient (Wildman–Crippen LogP) is 4.40. The molecular weight excluding hydrogens is 246 g/mol. The minimum atomic E-state index is -0.147. The van der Waals surface area contributed by atoms with Gasteiger partial charge in [-0.2, -0.15) is 10.4 Å². The molecule has 0 amide bonds. The van der Waals surface area contributed by atoms with E-state index in [9.17, 15) is 5.26 Å². The Morgan fingerprint density at radius 1 is 1.15 bits per heavy atom. The SMILES string of the molecule is N#CC1(Cc2ccn(C3CCCC3)n2)CCCCCC1. The van der Waals surface area contributed by atoms with Crippen molar-refractivity contribution in [2.24, 2.45) is 5.41 Å². The van der Waals surface area contributed by atoms with Gasteiger partial charge < -0.3 is 0 Å². The fourth-order valence-corrected chi connectivity index (χ4v) is 3.92. The molecule has 0 N–H and O–H groups in total. The first kappa shape index (κ1) is 13.7. The van der Waals surface area contributed by atoms with Crippen LogP contribution in [0.4, 0.5) is 0 Å². The van der Waals surface area contributed by atoms with E-state index >= 15 is 0 Å². The molecule has 0 atom stereocenters. The average Bonchev–Trinajstić information content (AvgIpc) is 3.08. The van der Waals surface area contributed by atoms with Crippen molar-refractivity contribution in [3.63, 3.8) is 0 Å². The second-order valence-corrected chi connectivity index (χ2v) is 6.71. The van der Waals surface area contributed by atoms with E-state index in [4.69, 9.17) is 5.10 Å². The van der Waals surface area contributed by atoms with Gasteiger partial charge in [-0.1, -0.05) is 38.5 Å². The molecule has 2 saturated carbocycles. The first-order valence-corrected chi connectivity index (χ1v) is 8.27. The van der Waals surface area contributed by atoms with Gasteiger partial charge in [0.1, 0.15) is 0 Å². The van der Waals surface area contributed by atoms with Crippen LogP contribution < -0.4 is 0 Å². The molecule has 2 aliphatic carbocycles. The van der Waals surface area contributed by atoms with E-state index in [-0.39, 0.29) is 5.41 Å². The fraction of sp³-hybridized carbons (Fsp3) is 0.765. The van der Waals surface area contributed by atoms with Gasteiger partial charge in [0.05, 0.1) is 23.2 Å². The summed E-state index contributed by atoms with van der Waals surface area (Å²) in [6, 6.07) is 5.38. The van der Waals surface area contributed by atoms with Crippen molar-refractivity contribution in [3.8, 4) is 6.07 Å². The standard InChI is InChI=1S/C17H25N3/c18-14-17(10-5-1-2-6-11-17)13-15-9-12-20(19-15)16-7-3-4-8-16/h9,12,16H,1-8,10-11,13H2. The van der Waals surface area contributed by atoms with Crippen molar-refractivity contribution in [3.05, 3.63) is 18.0 Å². The maximum absolute atomic E-state index is 9.66. The fourth-order valence-electron chi connectivity index (χ4n) is 3.92. The topological polar surface area (TPSA) is 41.6 Å². The summed E-state index contributed by atoms with van der Waals surface area (Å²) in [6.45, 7) is 0. The molecule has 2 fully saturated rings. The van der Waals surface area contributed by atoms with Crippen LogP contribution in [0.5, 0.6) is 0 Å². The zero-order valence-corrected chi connectivity index (χ0v) is 12.4. The second-order valence-electron chi connectivity index (χ2n) is 6.71. The van der Waals surface area contributed by atoms with Crippen molar-refractivity contribution in [2.45, 2.75) is 76.7 Å². The molecule has 0 aromatic carbocycles. The zero-order valence-electron chi connectivity index (χ0n) is 12.4. The molecule has 0 radical (unpaired) electrons. The third-order valence-corrected chi connectivity index (χ3v) is 5.18. The predicted molar refractivity (Wildman–Crippen MR) is 79.2 cm³/mol. The van der Waals surface area contributed by atoms with Gasteiger partial charge in [0, 0.05) is 12.6 Å². The van der Waals surface area contributed by atoms with Gasteiger partial charge in [-0.25, -0.2) is 0 Å². The summed E-state index contributed by atoms with van der Waals surface area (Å²) in [6.07, 6.45) is 15.3. The smallest absolute Gasteiger partial charge is 0.0693 e. The summed E-state index contributed by atoms with van der Waals surface area (Å²) in [7, 11) is 0. The summed E-state index contributed by atoms with van der Waals surface area (Å²) in [4.78, 5) is 0. The van der Waals surface area contributed by atoms with E-state index in [1.807, 2.05) is 0 Å². The molecule has 108 valence electrons. The van der Waals surface area contributed by atoms with Gasteiger partial charge in [-0.15, -0.1) is 0 Å². The zero-order chi connectivity index (χ0) is 13.8. The number of aromatic nitrogens is 2. The maximum atomic E-state index is 9.66. The second kappa shape index (κ2) is 5.99. The van der Waals surface area contributed by atoms with Gasteiger partial charge in [-0.05, 0) is 31.7 Å². The Bertz CT molecular complexity index is 469. The van der Waals surface area contributed by atoms with Gasteiger partial charge >= 0.3 is 0 Å². The first-order chi connectivity index (χ1) is 9.81. The van der Waals surface area contributed by atoms with Crippen molar-refractivity contribution in [2.75, 3.05) is 0 Å². The Hall–Kier alpha value is -1.30. The number of nitriles is 1. The van der Waals surface area contributed by atoms with Crippen LogP contribution in [0.1, 0.15) is 75.9 Å². The highest BCUT2D eigenvalue weighted by atomic mass is 15.3. The summed E-state index contributed by atoms with van der Waals surface area (Å²) in [5, 5.41) is 14.4.